The summed E-state index contributed by atoms with van der Waals surface area (Å²) >= 11 is 1.76. The average Bonchev–Trinajstić information content (AvgIpc) is 2.90. The van der Waals surface area contributed by atoms with Crippen LogP contribution in [0.1, 0.15) is 24.2 Å². The van der Waals surface area contributed by atoms with Crippen LogP contribution < -0.4 is 5.32 Å². The van der Waals surface area contributed by atoms with Crippen molar-refractivity contribution in [1.82, 2.24) is 14.9 Å². The Hall–Kier alpha value is -1.13. The molecule has 1 unspecified atom stereocenters. The zero-order chi connectivity index (χ0) is 11.4. The van der Waals surface area contributed by atoms with Crippen LogP contribution in [-0.4, -0.2) is 16.1 Å². The molecule has 0 fully saturated rings. The molecule has 1 N–H and O–H groups in total. The third kappa shape index (κ3) is 2.71. The molecule has 0 aliphatic carbocycles. The van der Waals surface area contributed by atoms with Gasteiger partial charge >= 0.3 is 0 Å². The summed E-state index contributed by atoms with van der Waals surface area (Å²) in [6.07, 6.45) is 3.80. The van der Waals surface area contributed by atoms with Crippen LogP contribution in [0.4, 0.5) is 0 Å². The Bertz CT molecular complexity index is 419. The summed E-state index contributed by atoms with van der Waals surface area (Å²) in [5, 5.41) is 7.78. The summed E-state index contributed by atoms with van der Waals surface area (Å²) < 4.78 is 2.04. The highest BCUT2D eigenvalue weighted by Gasteiger charge is 2.05. The molecular formula is C12H17N3S. The molecule has 0 aliphatic heterocycles. The van der Waals surface area contributed by atoms with Gasteiger partial charge in [-0.25, -0.2) is 4.98 Å². The fourth-order valence-electron chi connectivity index (χ4n) is 1.64. The van der Waals surface area contributed by atoms with Crippen molar-refractivity contribution in [2.24, 2.45) is 7.05 Å². The van der Waals surface area contributed by atoms with Crippen LogP contribution in [0.15, 0.2) is 29.2 Å². The van der Waals surface area contributed by atoms with Gasteiger partial charge in [-0.2, -0.15) is 11.3 Å². The van der Waals surface area contributed by atoms with Crippen molar-refractivity contribution in [2.75, 3.05) is 6.54 Å². The molecule has 2 heterocycles. The maximum atomic E-state index is 4.28. The summed E-state index contributed by atoms with van der Waals surface area (Å²) in [6.45, 7) is 4.06. The number of hydrogen-bond acceptors (Lipinski definition) is 3. The number of nitrogens with one attached hydrogen (secondary N) is 1. The van der Waals surface area contributed by atoms with Crippen molar-refractivity contribution in [3.8, 4) is 0 Å². The Kier molecular flexibility index (Phi) is 3.74. The van der Waals surface area contributed by atoms with E-state index in [1.54, 1.807) is 11.3 Å². The molecule has 0 spiro atoms. The first-order chi connectivity index (χ1) is 7.77. The van der Waals surface area contributed by atoms with Gasteiger partial charge in [-0.1, -0.05) is 6.92 Å². The number of imidazole rings is 1. The molecule has 4 heteroatoms. The Balaban J connectivity index is 1.78. The van der Waals surface area contributed by atoms with E-state index < -0.39 is 0 Å². The number of aromatic nitrogens is 2. The van der Waals surface area contributed by atoms with Crippen molar-refractivity contribution in [3.05, 3.63) is 40.6 Å². The number of thiophene rings is 1. The van der Waals surface area contributed by atoms with E-state index in [2.05, 4.69) is 34.1 Å². The number of nitrogens with zero attached hydrogens (tertiary/aromatic N) is 2. The van der Waals surface area contributed by atoms with Gasteiger partial charge in [0.15, 0.2) is 0 Å². The molecular weight excluding hydrogens is 218 g/mol. The first kappa shape index (κ1) is 11.4. The summed E-state index contributed by atoms with van der Waals surface area (Å²) in [7, 11) is 2.02. The van der Waals surface area contributed by atoms with E-state index in [4.69, 9.17) is 0 Å². The van der Waals surface area contributed by atoms with E-state index in [9.17, 15) is 0 Å². The summed E-state index contributed by atoms with van der Waals surface area (Å²) in [5.74, 6) is 1.64. The minimum absolute atomic E-state index is 0.562. The van der Waals surface area contributed by atoms with Gasteiger partial charge in [-0.05, 0) is 28.3 Å². The van der Waals surface area contributed by atoms with E-state index in [1.807, 2.05) is 24.0 Å². The quantitative estimate of drug-likeness (QED) is 0.862. The Morgan fingerprint density at radius 1 is 1.56 bits per heavy atom. The average molecular weight is 235 g/mol. The lowest BCUT2D eigenvalue weighted by molar-refractivity contribution is 0.589. The molecule has 0 aliphatic rings. The summed E-state index contributed by atoms with van der Waals surface area (Å²) in [5.41, 5.74) is 1.41. The zero-order valence-electron chi connectivity index (χ0n) is 9.68. The molecule has 0 saturated carbocycles. The second kappa shape index (κ2) is 5.27. The van der Waals surface area contributed by atoms with Gasteiger partial charge < -0.3 is 9.88 Å². The highest BCUT2D eigenvalue weighted by Crippen LogP contribution is 2.17. The van der Waals surface area contributed by atoms with Gasteiger partial charge in [0, 0.05) is 26.0 Å². The predicted molar refractivity (Wildman–Crippen MR) is 67.6 cm³/mol. The molecule has 0 aromatic carbocycles. The standard InChI is InChI=1S/C12H17N3S/c1-10(11-3-6-16-9-11)7-13-8-12-14-4-5-15(12)2/h3-6,9-10,13H,7-8H2,1-2H3. The lowest BCUT2D eigenvalue weighted by Crippen LogP contribution is -2.21. The molecule has 0 bridgehead atoms. The summed E-state index contributed by atoms with van der Waals surface area (Å²) in [6, 6.07) is 2.19. The van der Waals surface area contributed by atoms with Crippen LogP contribution in [0.5, 0.6) is 0 Å². The molecule has 3 nitrogen and oxygen atoms in total. The second-order valence-corrected chi connectivity index (χ2v) is 4.82. The lowest BCUT2D eigenvalue weighted by atomic mass is 10.1. The van der Waals surface area contributed by atoms with Crippen molar-refractivity contribution in [3.63, 3.8) is 0 Å². The van der Waals surface area contributed by atoms with Crippen LogP contribution in [-0.2, 0) is 13.6 Å². The van der Waals surface area contributed by atoms with Gasteiger partial charge in [-0.3, -0.25) is 0 Å². The Labute approximate surface area is 100 Å². The van der Waals surface area contributed by atoms with Crippen LogP contribution in [0.3, 0.4) is 0 Å². The van der Waals surface area contributed by atoms with Crippen LogP contribution >= 0.6 is 11.3 Å². The van der Waals surface area contributed by atoms with Gasteiger partial charge in [0.05, 0.1) is 6.54 Å². The van der Waals surface area contributed by atoms with Gasteiger partial charge in [0.25, 0.3) is 0 Å². The first-order valence-electron chi connectivity index (χ1n) is 5.46. The summed E-state index contributed by atoms with van der Waals surface area (Å²) in [4.78, 5) is 4.28. The van der Waals surface area contributed by atoms with Crippen LogP contribution in [0, 0.1) is 0 Å². The zero-order valence-corrected chi connectivity index (χ0v) is 10.5. The lowest BCUT2D eigenvalue weighted by Gasteiger charge is -2.11. The molecule has 1 atom stereocenters. The largest absolute Gasteiger partial charge is 0.337 e. The fraction of sp³-hybridized carbons (Fsp3) is 0.417. The van der Waals surface area contributed by atoms with Crippen LogP contribution in [0.2, 0.25) is 0 Å². The molecule has 0 saturated heterocycles. The highest BCUT2D eigenvalue weighted by molar-refractivity contribution is 7.07. The third-order valence-electron chi connectivity index (χ3n) is 2.77. The minimum atomic E-state index is 0.562. The van der Waals surface area contributed by atoms with Crippen molar-refractivity contribution >= 4 is 11.3 Å². The molecule has 2 aromatic heterocycles. The molecule has 0 amide bonds. The van der Waals surface area contributed by atoms with Gasteiger partial charge in [-0.15, -0.1) is 0 Å². The monoisotopic (exact) mass is 235 g/mol. The van der Waals surface area contributed by atoms with E-state index in [0.717, 1.165) is 18.9 Å². The number of hydrogen-bond donors (Lipinski definition) is 1. The van der Waals surface area contributed by atoms with Gasteiger partial charge in [0.1, 0.15) is 5.82 Å². The fourth-order valence-corrected chi connectivity index (χ4v) is 2.42. The minimum Gasteiger partial charge on any atom is -0.337 e. The van der Waals surface area contributed by atoms with Crippen molar-refractivity contribution < 1.29 is 0 Å². The molecule has 2 aromatic rings. The van der Waals surface area contributed by atoms with Crippen molar-refractivity contribution in [2.45, 2.75) is 19.4 Å². The molecule has 2 rings (SSSR count). The smallest absolute Gasteiger partial charge is 0.122 e. The number of rotatable bonds is 5. The van der Waals surface area contributed by atoms with Gasteiger partial charge in [0.2, 0.25) is 0 Å². The maximum Gasteiger partial charge on any atom is 0.122 e. The van der Waals surface area contributed by atoms with Crippen molar-refractivity contribution in [1.29, 1.82) is 0 Å². The molecule has 0 radical (unpaired) electrons. The molecule has 86 valence electrons. The van der Waals surface area contributed by atoms with E-state index in [0.29, 0.717) is 5.92 Å². The van der Waals surface area contributed by atoms with E-state index in [1.165, 1.54) is 5.56 Å². The maximum absolute atomic E-state index is 4.28. The SMILES string of the molecule is CC(CNCc1nccn1C)c1ccsc1. The predicted octanol–water partition coefficient (Wildman–Crippen LogP) is 2.37. The molecule has 16 heavy (non-hydrogen) atoms. The Morgan fingerprint density at radius 2 is 2.44 bits per heavy atom. The van der Waals surface area contributed by atoms with E-state index in [-0.39, 0.29) is 0 Å². The second-order valence-electron chi connectivity index (χ2n) is 4.04. The first-order valence-corrected chi connectivity index (χ1v) is 6.40. The highest BCUT2D eigenvalue weighted by atomic mass is 32.1. The van der Waals surface area contributed by atoms with Crippen LogP contribution in [0.25, 0.3) is 0 Å². The normalized spacial score (nSPS) is 12.9. The number of aryl methyl sites for hydroxylation is 1. The third-order valence-corrected chi connectivity index (χ3v) is 3.47. The van der Waals surface area contributed by atoms with E-state index >= 15 is 0 Å². The topological polar surface area (TPSA) is 29.9 Å². The Morgan fingerprint density at radius 3 is 3.06 bits per heavy atom.